The largest absolute Gasteiger partial charge is 0.389 e. The van der Waals surface area contributed by atoms with Crippen molar-refractivity contribution in [3.63, 3.8) is 0 Å². The van der Waals surface area contributed by atoms with Crippen LogP contribution in [0.25, 0.3) is 0 Å². The van der Waals surface area contributed by atoms with E-state index in [1.165, 1.54) is 19.3 Å². The summed E-state index contributed by atoms with van der Waals surface area (Å²) in [6, 6.07) is 0. The van der Waals surface area contributed by atoms with Crippen LogP contribution in [-0.2, 0) is 0 Å². The number of nitrogens with two attached hydrogens (primary N) is 1. The van der Waals surface area contributed by atoms with Crippen LogP contribution in [0, 0.1) is 0 Å². The molecule has 12 heavy (non-hydrogen) atoms. The molecule has 0 bridgehead atoms. The molecule has 2 N–H and O–H groups in total. The van der Waals surface area contributed by atoms with Crippen molar-refractivity contribution in [1.29, 1.82) is 0 Å². The van der Waals surface area contributed by atoms with Crippen molar-refractivity contribution in [2.24, 2.45) is 0 Å². The topological polar surface area (TPSA) is 42.1 Å². The molecule has 0 saturated carbocycles. The van der Waals surface area contributed by atoms with Crippen LogP contribution in [0.15, 0.2) is 6.20 Å². The first kappa shape index (κ1) is 7.86. The number of rotatable bonds is 1. The lowest BCUT2D eigenvalue weighted by atomic mass is 10.1. The third-order valence-corrected chi connectivity index (χ3v) is 3.03. The number of thiazole rings is 1. The second-order valence-electron chi connectivity index (χ2n) is 3.09. The number of nitrogens with zero attached hydrogens (tertiary/aromatic N) is 2. The summed E-state index contributed by atoms with van der Waals surface area (Å²) < 4.78 is 0. The van der Waals surface area contributed by atoms with E-state index in [0.717, 1.165) is 23.2 Å². The SMILES string of the molecule is Nc1cnc(N2CCCCC2)s1. The smallest absolute Gasteiger partial charge is 0.187 e. The maximum atomic E-state index is 5.61. The molecule has 0 unspecified atom stereocenters. The number of aromatic nitrogens is 1. The van der Waals surface area contributed by atoms with Gasteiger partial charge >= 0.3 is 0 Å². The Labute approximate surface area is 76.2 Å². The van der Waals surface area contributed by atoms with E-state index in [1.807, 2.05) is 0 Å². The van der Waals surface area contributed by atoms with Crippen LogP contribution in [0.1, 0.15) is 19.3 Å². The van der Waals surface area contributed by atoms with Gasteiger partial charge in [0.25, 0.3) is 0 Å². The molecule has 1 aromatic rings. The third-order valence-electron chi connectivity index (χ3n) is 2.14. The lowest BCUT2D eigenvalue weighted by Gasteiger charge is -2.25. The molecule has 0 atom stereocenters. The van der Waals surface area contributed by atoms with Gasteiger partial charge in [0.15, 0.2) is 5.13 Å². The Bertz CT molecular complexity index is 253. The number of hydrogen-bond donors (Lipinski definition) is 1. The number of hydrogen-bond acceptors (Lipinski definition) is 4. The first-order valence-corrected chi connectivity index (χ1v) is 5.14. The summed E-state index contributed by atoms with van der Waals surface area (Å²) in [6.45, 7) is 2.29. The van der Waals surface area contributed by atoms with Crippen LogP contribution < -0.4 is 10.6 Å². The van der Waals surface area contributed by atoms with E-state index in [-0.39, 0.29) is 0 Å². The van der Waals surface area contributed by atoms with E-state index in [1.54, 1.807) is 17.5 Å². The first-order chi connectivity index (χ1) is 5.86. The maximum Gasteiger partial charge on any atom is 0.187 e. The second kappa shape index (κ2) is 3.31. The van der Waals surface area contributed by atoms with Crippen LogP contribution in [0.5, 0.6) is 0 Å². The second-order valence-corrected chi connectivity index (χ2v) is 4.13. The number of nitrogen functional groups attached to an aromatic ring is 1. The van der Waals surface area contributed by atoms with E-state index in [9.17, 15) is 0 Å². The molecule has 0 radical (unpaired) electrons. The highest BCUT2D eigenvalue weighted by Gasteiger charge is 2.13. The summed E-state index contributed by atoms with van der Waals surface area (Å²) in [6.07, 6.45) is 5.69. The van der Waals surface area contributed by atoms with Gasteiger partial charge in [0.2, 0.25) is 0 Å². The van der Waals surface area contributed by atoms with Crippen molar-refractivity contribution in [2.75, 3.05) is 23.7 Å². The molecule has 1 aliphatic rings. The van der Waals surface area contributed by atoms with Gasteiger partial charge in [-0.3, -0.25) is 0 Å². The summed E-state index contributed by atoms with van der Waals surface area (Å²) in [7, 11) is 0. The van der Waals surface area contributed by atoms with E-state index < -0.39 is 0 Å². The van der Waals surface area contributed by atoms with Crippen molar-refractivity contribution in [2.45, 2.75) is 19.3 Å². The fourth-order valence-electron chi connectivity index (χ4n) is 1.51. The molecule has 4 heteroatoms. The van der Waals surface area contributed by atoms with Gasteiger partial charge in [-0.1, -0.05) is 11.3 Å². The van der Waals surface area contributed by atoms with Crippen LogP contribution in [-0.4, -0.2) is 18.1 Å². The minimum absolute atomic E-state index is 0.815. The summed E-state index contributed by atoms with van der Waals surface area (Å²) in [5.74, 6) is 0. The molecule has 66 valence electrons. The molecule has 1 aromatic heterocycles. The average Bonchev–Trinajstić information content (AvgIpc) is 2.54. The van der Waals surface area contributed by atoms with Crippen molar-refractivity contribution < 1.29 is 0 Å². The van der Waals surface area contributed by atoms with E-state index in [2.05, 4.69) is 9.88 Å². The molecule has 1 fully saturated rings. The number of piperidine rings is 1. The van der Waals surface area contributed by atoms with Gasteiger partial charge in [-0.25, -0.2) is 4.98 Å². The summed E-state index contributed by atoms with van der Waals surface area (Å²) >= 11 is 1.59. The first-order valence-electron chi connectivity index (χ1n) is 4.32. The Morgan fingerprint density at radius 3 is 2.67 bits per heavy atom. The molecule has 3 nitrogen and oxygen atoms in total. The van der Waals surface area contributed by atoms with Gasteiger partial charge < -0.3 is 10.6 Å². The van der Waals surface area contributed by atoms with E-state index in [0.29, 0.717) is 0 Å². The average molecular weight is 183 g/mol. The minimum Gasteiger partial charge on any atom is -0.389 e. The van der Waals surface area contributed by atoms with Crippen LogP contribution in [0.4, 0.5) is 10.1 Å². The monoisotopic (exact) mass is 183 g/mol. The lowest BCUT2D eigenvalue weighted by Crippen LogP contribution is -2.29. The predicted octanol–water partition coefficient (Wildman–Crippen LogP) is 1.72. The highest BCUT2D eigenvalue weighted by molar-refractivity contribution is 7.19. The highest BCUT2D eigenvalue weighted by Crippen LogP contribution is 2.26. The molecule has 2 rings (SSSR count). The van der Waals surface area contributed by atoms with Gasteiger partial charge in [0, 0.05) is 13.1 Å². The zero-order chi connectivity index (χ0) is 8.39. The fourth-order valence-corrected chi connectivity index (χ4v) is 2.24. The van der Waals surface area contributed by atoms with Gasteiger partial charge in [-0.15, -0.1) is 0 Å². The Balaban J connectivity index is 2.08. The van der Waals surface area contributed by atoms with Crippen molar-refractivity contribution >= 4 is 21.5 Å². The normalized spacial score (nSPS) is 18.2. The fraction of sp³-hybridized carbons (Fsp3) is 0.625. The van der Waals surface area contributed by atoms with Gasteiger partial charge in [-0.05, 0) is 19.3 Å². The molecular formula is C8H13N3S. The third kappa shape index (κ3) is 1.53. The zero-order valence-corrected chi connectivity index (χ0v) is 7.81. The Hall–Kier alpha value is -0.770. The molecule has 1 aliphatic heterocycles. The molecule has 2 heterocycles. The number of anilines is 2. The summed E-state index contributed by atoms with van der Waals surface area (Å²) in [5.41, 5.74) is 5.61. The molecular weight excluding hydrogens is 170 g/mol. The molecule has 0 aromatic carbocycles. The Morgan fingerprint density at radius 1 is 1.33 bits per heavy atom. The van der Waals surface area contributed by atoms with E-state index in [4.69, 9.17) is 5.73 Å². The van der Waals surface area contributed by atoms with Gasteiger partial charge in [-0.2, -0.15) is 0 Å². The Morgan fingerprint density at radius 2 is 2.08 bits per heavy atom. The van der Waals surface area contributed by atoms with Crippen molar-refractivity contribution in [3.05, 3.63) is 6.20 Å². The molecule has 0 spiro atoms. The highest BCUT2D eigenvalue weighted by atomic mass is 32.1. The summed E-state index contributed by atoms with van der Waals surface area (Å²) in [5, 5.41) is 1.91. The van der Waals surface area contributed by atoms with Crippen LogP contribution >= 0.6 is 11.3 Å². The predicted molar refractivity (Wildman–Crippen MR) is 52.6 cm³/mol. The van der Waals surface area contributed by atoms with Crippen molar-refractivity contribution in [1.82, 2.24) is 4.98 Å². The van der Waals surface area contributed by atoms with Crippen molar-refractivity contribution in [3.8, 4) is 0 Å². The lowest BCUT2D eigenvalue weighted by molar-refractivity contribution is 0.577. The van der Waals surface area contributed by atoms with Crippen LogP contribution in [0.2, 0.25) is 0 Å². The van der Waals surface area contributed by atoms with Gasteiger partial charge in [0.05, 0.1) is 6.20 Å². The molecule has 0 aliphatic carbocycles. The minimum atomic E-state index is 0.815. The quantitative estimate of drug-likeness (QED) is 0.720. The van der Waals surface area contributed by atoms with Gasteiger partial charge in [0.1, 0.15) is 5.00 Å². The molecule has 0 amide bonds. The van der Waals surface area contributed by atoms with Crippen LogP contribution in [0.3, 0.4) is 0 Å². The summed E-state index contributed by atoms with van der Waals surface area (Å²) in [4.78, 5) is 6.58. The Kier molecular flexibility index (Phi) is 2.17. The standard InChI is InChI=1S/C8H13N3S/c9-7-6-10-8(12-7)11-4-2-1-3-5-11/h6H,1-5,9H2. The zero-order valence-electron chi connectivity index (χ0n) is 6.99. The maximum absolute atomic E-state index is 5.61. The van der Waals surface area contributed by atoms with E-state index >= 15 is 0 Å². The molecule has 1 saturated heterocycles.